The standard InChI is InChI=1S/C10H19N3OS/c1-4-14-6-5-13(3)10-12-7-9(15-10)8(2)11/h7-8H,4-6,11H2,1-3H3. The lowest BCUT2D eigenvalue weighted by atomic mass is 10.3. The molecule has 0 aliphatic rings. The first-order valence-electron chi connectivity index (χ1n) is 5.15. The highest BCUT2D eigenvalue weighted by atomic mass is 32.1. The second kappa shape index (κ2) is 6.05. The Morgan fingerprint density at radius 1 is 1.67 bits per heavy atom. The maximum absolute atomic E-state index is 5.78. The molecular formula is C10H19N3OS. The van der Waals surface area contributed by atoms with Gasteiger partial charge in [0, 0.05) is 37.3 Å². The van der Waals surface area contributed by atoms with E-state index in [2.05, 4.69) is 9.88 Å². The molecule has 0 saturated carbocycles. The second-order valence-electron chi connectivity index (χ2n) is 3.45. The SMILES string of the molecule is CCOCCN(C)c1ncc(C(C)N)s1. The first-order chi connectivity index (χ1) is 7.15. The Labute approximate surface area is 95.1 Å². The van der Waals surface area contributed by atoms with E-state index < -0.39 is 0 Å². The number of aromatic nitrogens is 1. The Kier molecular flexibility index (Phi) is 5.01. The number of hydrogen-bond donors (Lipinski definition) is 1. The van der Waals surface area contributed by atoms with Gasteiger partial charge in [0.05, 0.1) is 6.61 Å². The smallest absolute Gasteiger partial charge is 0.185 e. The highest BCUT2D eigenvalue weighted by Gasteiger charge is 2.08. The second-order valence-corrected chi connectivity index (χ2v) is 4.49. The van der Waals surface area contributed by atoms with Gasteiger partial charge in [0.1, 0.15) is 0 Å². The van der Waals surface area contributed by atoms with Crippen molar-refractivity contribution in [2.45, 2.75) is 19.9 Å². The van der Waals surface area contributed by atoms with Crippen molar-refractivity contribution in [1.82, 2.24) is 4.98 Å². The maximum Gasteiger partial charge on any atom is 0.185 e. The van der Waals surface area contributed by atoms with E-state index in [9.17, 15) is 0 Å². The van der Waals surface area contributed by atoms with E-state index in [1.54, 1.807) is 11.3 Å². The van der Waals surface area contributed by atoms with Crippen LogP contribution < -0.4 is 10.6 Å². The average Bonchev–Trinajstić information content (AvgIpc) is 2.66. The van der Waals surface area contributed by atoms with E-state index in [1.165, 1.54) is 0 Å². The largest absolute Gasteiger partial charge is 0.380 e. The first-order valence-corrected chi connectivity index (χ1v) is 5.97. The van der Waals surface area contributed by atoms with Crippen LogP contribution in [0.15, 0.2) is 6.20 Å². The molecule has 0 saturated heterocycles. The minimum absolute atomic E-state index is 0.0662. The summed E-state index contributed by atoms with van der Waals surface area (Å²) in [6.07, 6.45) is 1.85. The van der Waals surface area contributed by atoms with Gasteiger partial charge in [-0.2, -0.15) is 0 Å². The van der Waals surface area contributed by atoms with E-state index in [4.69, 9.17) is 10.5 Å². The van der Waals surface area contributed by atoms with Crippen LogP contribution in [-0.2, 0) is 4.74 Å². The zero-order valence-electron chi connectivity index (χ0n) is 9.56. The molecule has 0 aliphatic heterocycles. The summed E-state index contributed by atoms with van der Waals surface area (Å²) >= 11 is 1.64. The molecule has 0 radical (unpaired) electrons. The topological polar surface area (TPSA) is 51.4 Å². The minimum atomic E-state index is 0.0662. The van der Waals surface area contributed by atoms with Gasteiger partial charge in [-0.05, 0) is 13.8 Å². The Hall–Kier alpha value is -0.650. The summed E-state index contributed by atoms with van der Waals surface area (Å²) in [7, 11) is 2.02. The van der Waals surface area contributed by atoms with E-state index in [1.807, 2.05) is 27.1 Å². The van der Waals surface area contributed by atoms with Gasteiger partial charge in [0.15, 0.2) is 5.13 Å². The van der Waals surface area contributed by atoms with Crippen LogP contribution in [0.3, 0.4) is 0 Å². The van der Waals surface area contributed by atoms with Gasteiger partial charge in [0.2, 0.25) is 0 Å². The van der Waals surface area contributed by atoms with Crippen molar-refractivity contribution in [3.63, 3.8) is 0 Å². The third kappa shape index (κ3) is 3.77. The molecule has 1 aromatic rings. The lowest BCUT2D eigenvalue weighted by Gasteiger charge is -2.15. The molecule has 1 rings (SSSR count). The van der Waals surface area contributed by atoms with Crippen molar-refractivity contribution in [1.29, 1.82) is 0 Å². The van der Waals surface area contributed by atoms with E-state index in [0.717, 1.165) is 29.8 Å². The van der Waals surface area contributed by atoms with Crippen LogP contribution in [0.2, 0.25) is 0 Å². The van der Waals surface area contributed by atoms with Gasteiger partial charge >= 0.3 is 0 Å². The van der Waals surface area contributed by atoms with Crippen LogP contribution >= 0.6 is 11.3 Å². The third-order valence-corrected chi connectivity index (χ3v) is 3.37. The molecule has 0 fully saturated rings. The van der Waals surface area contributed by atoms with Crippen molar-refractivity contribution < 1.29 is 4.74 Å². The Balaban J connectivity index is 2.47. The zero-order valence-corrected chi connectivity index (χ0v) is 10.4. The minimum Gasteiger partial charge on any atom is -0.380 e. The molecule has 15 heavy (non-hydrogen) atoms. The number of likely N-dealkylation sites (N-methyl/N-ethyl adjacent to an activating group) is 1. The molecule has 0 bridgehead atoms. The number of hydrogen-bond acceptors (Lipinski definition) is 5. The molecule has 1 unspecified atom stereocenters. The van der Waals surface area contributed by atoms with Crippen LogP contribution in [0.5, 0.6) is 0 Å². The number of nitrogens with two attached hydrogens (primary N) is 1. The summed E-state index contributed by atoms with van der Waals surface area (Å²) in [5.74, 6) is 0. The van der Waals surface area contributed by atoms with Gasteiger partial charge in [-0.3, -0.25) is 0 Å². The molecule has 0 amide bonds. The van der Waals surface area contributed by atoms with Crippen molar-refractivity contribution in [2.24, 2.45) is 5.73 Å². The zero-order chi connectivity index (χ0) is 11.3. The van der Waals surface area contributed by atoms with Crippen LogP contribution in [0.4, 0.5) is 5.13 Å². The highest BCUT2D eigenvalue weighted by Crippen LogP contribution is 2.24. The third-order valence-electron chi connectivity index (χ3n) is 2.06. The normalized spacial score (nSPS) is 12.8. The van der Waals surface area contributed by atoms with Crippen LogP contribution in [-0.4, -0.2) is 31.8 Å². The van der Waals surface area contributed by atoms with Crippen LogP contribution in [0.25, 0.3) is 0 Å². The Bertz CT molecular complexity index is 288. The molecule has 0 aromatic carbocycles. The molecule has 1 heterocycles. The predicted octanol–water partition coefficient (Wildman–Crippen LogP) is 1.64. The molecule has 5 heteroatoms. The number of rotatable bonds is 6. The summed E-state index contributed by atoms with van der Waals surface area (Å²) < 4.78 is 5.29. The van der Waals surface area contributed by atoms with Crippen LogP contribution in [0.1, 0.15) is 24.8 Å². The van der Waals surface area contributed by atoms with E-state index >= 15 is 0 Å². The van der Waals surface area contributed by atoms with Crippen molar-refractivity contribution in [3.05, 3.63) is 11.1 Å². The fourth-order valence-electron chi connectivity index (χ4n) is 1.11. The molecule has 1 atom stereocenters. The highest BCUT2D eigenvalue weighted by molar-refractivity contribution is 7.15. The summed E-state index contributed by atoms with van der Waals surface area (Å²) in [6, 6.07) is 0.0662. The number of thiazole rings is 1. The van der Waals surface area contributed by atoms with Gasteiger partial charge < -0.3 is 15.4 Å². The van der Waals surface area contributed by atoms with E-state index in [-0.39, 0.29) is 6.04 Å². The van der Waals surface area contributed by atoms with Crippen molar-refractivity contribution >= 4 is 16.5 Å². The summed E-state index contributed by atoms with van der Waals surface area (Å²) in [4.78, 5) is 7.53. The van der Waals surface area contributed by atoms with Gasteiger partial charge in [0.25, 0.3) is 0 Å². The Morgan fingerprint density at radius 2 is 2.40 bits per heavy atom. The van der Waals surface area contributed by atoms with Crippen LogP contribution in [0, 0.1) is 0 Å². The predicted molar refractivity (Wildman–Crippen MR) is 64.5 cm³/mol. The fraction of sp³-hybridized carbons (Fsp3) is 0.700. The number of ether oxygens (including phenoxy) is 1. The lowest BCUT2D eigenvalue weighted by molar-refractivity contribution is 0.154. The summed E-state index contributed by atoms with van der Waals surface area (Å²) in [6.45, 7) is 6.33. The molecule has 86 valence electrons. The molecule has 0 spiro atoms. The molecule has 0 aliphatic carbocycles. The van der Waals surface area contributed by atoms with E-state index in [0.29, 0.717) is 0 Å². The molecular weight excluding hydrogens is 210 g/mol. The van der Waals surface area contributed by atoms with Gasteiger partial charge in [-0.15, -0.1) is 11.3 Å². The maximum atomic E-state index is 5.78. The van der Waals surface area contributed by atoms with Gasteiger partial charge in [-0.25, -0.2) is 4.98 Å². The Morgan fingerprint density at radius 3 is 2.93 bits per heavy atom. The molecule has 4 nitrogen and oxygen atoms in total. The first kappa shape index (κ1) is 12.4. The fourth-order valence-corrected chi connectivity index (χ4v) is 1.96. The summed E-state index contributed by atoms with van der Waals surface area (Å²) in [5, 5.41) is 1.00. The number of nitrogens with zero attached hydrogens (tertiary/aromatic N) is 2. The summed E-state index contributed by atoms with van der Waals surface area (Å²) in [5.41, 5.74) is 5.78. The monoisotopic (exact) mass is 229 g/mol. The lowest BCUT2D eigenvalue weighted by Crippen LogP contribution is -2.22. The number of anilines is 1. The average molecular weight is 229 g/mol. The quantitative estimate of drug-likeness (QED) is 0.753. The molecule has 1 aromatic heterocycles. The molecule has 2 N–H and O–H groups in total. The van der Waals surface area contributed by atoms with Crippen molar-refractivity contribution in [2.75, 3.05) is 31.7 Å². The van der Waals surface area contributed by atoms with Gasteiger partial charge in [-0.1, -0.05) is 0 Å². The van der Waals surface area contributed by atoms with Crippen molar-refractivity contribution in [3.8, 4) is 0 Å².